The summed E-state index contributed by atoms with van der Waals surface area (Å²) in [5, 5.41) is 0. The Labute approximate surface area is 111 Å². The highest BCUT2D eigenvalue weighted by atomic mass is 32.2. The van der Waals surface area contributed by atoms with Gasteiger partial charge in [0.2, 0.25) is 10.0 Å². The number of nitrogens with one attached hydrogen (secondary N) is 1. The van der Waals surface area contributed by atoms with Gasteiger partial charge in [0, 0.05) is 12.3 Å². The zero-order valence-electron chi connectivity index (χ0n) is 10.4. The molecule has 0 aliphatic carbocycles. The first kappa shape index (κ1) is 15.9. The Kier molecular flexibility index (Phi) is 4.54. The van der Waals surface area contributed by atoms with E-state index in [0.717, 1.165) is 24.5 Å². The number of hydrogen-bond acceptors (Lipinski definition) is 5. The van der Waals surface area contributed by atoms with Crippen LogP contribution in [0.4, 0.5) is 10.1 Å². The van der Waals surface area contributed by atoms with Crippen LogP contribution in [0.1, 0.15) is 6.92 Å². The summed E-state index contributed by atoms with van der Waals surface area (Å²) in [4.78, 5) is -0.306. The van der Waals surface area contributed by atoms with Crippen molar-refractivity contribution in [2.75, 3.05) is 17.7 Å². The fourth-order valence-corrected chi connectivity index (χ4v) is 3.85. The average Bonchev–Trinajstić information content (AvgIpc) is 2.17. The topological polar surface area (TPSA) is 106 Å². The number of benzene rings is 1. The zero-order valence-corrected chi connectivity index (χ0v) is 12.1. The molecule has 0 saturated carbocycles. The van der Waals surface area contributed by atoms with E-state index in [0.29, 0.717) is 0 Å². The SMILES string of the molecule is CC(CS(C)(=O)=O)NS(=O)(=O)c1ccc(N)c(F)c1. The molecule has 0 aliphatic heterocycles. The molecule has 108 valence electrons. The number of nitrogen functional groups attached to an aromatic ring is 1. The summed E-state index contributed by atoms with van der Waals surface area (Å²) in [5.74, 6) is -1.19. The van der Waals surface area contributed by atoms with Crippen molar-refractivity contribution in [3.63, 3.8) is 0 Å². The van der Waals surface area contributed by atoms with Gasteiger partial charge in [0.05, 0.1) is 16.3 Å². The molecule has 0 bridgehead atoms. The third kappa shape index (κ3) is 4.77. The van der Waals surface area contributed by atoms with E-state index in [1.165, 1.54) is 6.92 Å². The van der Waals surface area contributed by atoms with Gasteiger partial charge < -0.3 is 5.73 Å². The maximum atomic E-state index is 13.2. The van der Waals surface area contributed by atoms with Crippen molar-refractivity contribution in [2.24, 2.45) is 0 Å². The summed E-state index contributed by atoms with van der Waals surface area (Å²) < 4.78 is 61.2. The summed E-state index contributed by atoms with van der Waals surface area (Å²) >= 11 is 0. The van der Waals surface area contributed by atoms with Gasteiger partial charge in [-0.3, -0.25) is 0 Å². The van der Waals surface area contributed by atoms with Crippen LogP contribution in [-0.4, -0.2) is 34.9 Å². The van der Waals surface area contributed by atoms with Gasteiger partial charge in [-0.25, -0.2) is 25.9 Å². The Hall–Kier alpha value is -1.19. The van der Waals surface area contributed by atoms with Crippen LogP contribution < -0.4 is 10.5 Å². The van der Waals surface area contributed by atoms with E-state index in [2.05, 4.69) is 4.72 Å². The van der Waals surface area contributed by atoms with Gasteiger partial charge in [-0.2, -0.15) is 0 Å². The molecule has 1 rings (SSSR count). The summed E-state index contributed by atoms with van der Waals surface area (Å²) in [6.07, 6.45) is 1.00. The van der Waals surface area contributed by atoms with Crippen LogP contribution in [0.25, 0.3) is 0 Å². The monoisotopic (exact) mass is 310 g/mol. The molecule has 0 aromatic heterocycles. The molecule has 19 heavy (non-hydrogen) atoms. The molecule has 0 heterocycles. The van der Waals surface area contributed by atoms with Gasteiger partial charge in [-0.15, -0.1) is 0 Å². The summed E-state index contributed by atoms with van der Waals surface area (Å²) in [7, 11) is -7.29. The Morgan fingerprint density at radius 2 is 1.89 bits per heavy atom. The quantitative estimate of drug-likeness (QED) is 0.751. The van der Waals surface area contributed by atoms with E-state index >= 15 is 0 Å². The van der Waals surface area contributed by atoms with Gasteiger partial charge in [-0.05, 0) is 25.1 Å². The highest BCUT2D eigenvalue weighted by Gasteiger charge is 2.20. The van der Waals surface area contributed by atoms with E-state index in [1.807, 2.05) is 0 Å². The molecule has 0 saturated heterocycles. The number of sulfonamides is 1. The van der Waals surface area contributed by atoms with Gasteiger partial charge in [-0.1, -0.05) is 0 Å². The molecule has 0 fully saturated rings. The molecule has 1 aromatic rings. The van der Waals surface area contributed by atoms with Crippen molar-refractivity contribution in [3.8, 4) is 0 Å². The molecule has 0 spiro atoms. The number of sulfone groups is 1. The molecule has 9 heteroatoms. The molecule has 1 aromatic carbocycles. The first-order valence-corrected chi connectivity index (χ1v) is 8.81. The number of hydrogen-bond donors (Lipinski definition) is 2. The smallest absolute Gasteiger partial charge is 0.240 e. The van der Waals surface area contributed by atoms with Gasteiger partial charge in [0.1, 0.15) is 15.7 Å². The highest BCUT2D eigenvalue weighted by Crippen LogP contribution is 2.16. The third-order valence-electron chi connectivity index (χ3n) is 2.19. The predicted octanol–water partition coefficient (Wildman–Crippen LogP) is 0.119. The third-order valence-corrected chi connectivity index (χ3v) is 4.88. The number of halogens is 1. The van der Waals surface area contributed by atoms with Gasteiger partial charge >= 0.3 is 0 Å². The average molecular weight is 310 g/mol. The standard InChI is InChI=1S/C10H15FN2O4S2/c1-7(6-18(2,14)15)13-19(16,17)8-3-4-10(12)9(11)5-8/h3-5,7,13H,6,12H2,1-2H3. The van der Waals surface area contributed by atoms with Crippen LogP contribution >= 0.6 is 0 Å². The minimum Gasteiger partial charge on any atom is -0.396 e. The van der Waals surface area contributed by atoms with E-state index in [4.69, 9.17) is 5.73 Å². The Balaban J connectivity index is 2.95. The largest absolute Gasteiger partial charge is 0.396 e. The van der Waals surface area contributed by atoms with E-state index in [-0.39, 0.29) is 16.3 Å². The predicted molar refractivity (Wildman–Crippen MR) is 70.3 cm³/mol. The number of anilines is 1. The van der Waals surface area contributed by atoms with Crippen LogP contribution in [0, 0.1) is 5.82 Å². The summed E-state index contributed by atoms with van der Waals surface area (Å²) in [5.41, 5.74) is 5.08. The van der Waals surface area contributed by atoms with Crippen LogP contribution in [0.15, 0.2) is 23.1 Å². The molecule has 6 nitrogen and oxygen atoms in total. The van der Waals surface area contributed by atoms with Crippen molar-refractivity contribution in [1.29, 1.82) is 0 Å². The Morgan fingerprint density at radius 3 is 2.37 bits per heavy atom. The summed E-state index contributed by atoms with van der Waals surface area (Å²) in [6, 6.07) is 2.24. The maximum absolute atomic E-state index is 13.2. The molecule has 1 unspecified atom stereocenters. The zero-order chi connectivity index (χ0) is 14.8. The molecule has 1 atom stereocenters. The molecular weight excluding hydrogens is 295 g/mol. The molecule has 0 aliphatic rings. The van der Waals surface area contributed by atoms with Crippen LogP contribution in [0.2, 0.25) is 0 Å². The van der Waals surface area contributed by atoms with Gasteiger partial charge in [0.15, 0.2) is 0 Å². The van der Waals surface area contributed by atoms with Crippen LogP contribution in [0.5, 0.6) is 0 Å². The lowest BCUT2D eigenvalue weighted by Crippen LogP contribution is -2.37. The van der Waals surface area contributed by atoms with Gasteiger partial charge in [0.25, 0.3) is 0 Å². The molecule has 3 N–H and O–H groups in total. The van der Waals surface area contributed by atoms with Crippen molar-refractivity contribution < 1.29 is 21.2 Å². The minimum atomic E-state index is -3.98. The fraction of sp³-hybridized carbons (Fsp3) is 0.400. The lowest BCUT2D eigenvalue weighted by molar-refractivity contribution is 0.562. The van der Waals surface area contributed by atoms with E-state index in [1.54, 1.807) is 0 Å². The van der Waals surface area contributed by atoms with Crippen molar-refractivity contribution >= 4 is 25.5 Å². The summed E-state index contributed by atoms with van der Waals surface area (Å²) in [6.45, 7) is 1.41. The molecule has 0 amide bonds. The van der Waals surface area contributed by atoms with Crippen LogP contribution in [0.3, 0.4) is 0 Å². The highest BCUT2D eigenvalue weighted by molar-refractivity contribution is 7.91. The second-order valence-corrected chi connectivity index (χ2v) is 8.20. The molecule has 0 radical (unpaired) electrons. The van der Waals surface area contributed by atoms with Crippen molar-refractivity contribution in [2.45, 2.75) is 17.9 Å². The van der Waals surface area contributed by atoms with E-state index in [9.17, 15) is 21.2 Å². The Bertz CT molecular complexity index is 671. The minimum absolute atomic E-state index is 0.164. The number of rotatable bonds is 5. The van der Waals surface area contributed by atoms with Crippen molar-refractivity contribution in [3.05, 3.63) is 24.0 Å². The lowest BCUT2D eigenvalue weighted by Gasteiger charge is -2.13. The molecular formula is C10H15FN2O4S2. The van der Waals surface area contributed by atoms with Crippen molar-refractivity contribution in [1.82, 2.24) is 4.72 Å². The van der Waals surface area contributed by atoms with Crippen LogP contribution in [-0.2, 0) is 19.9 Å². The lowest BCUT2D eigenvalue weighted by atomic mass is 10.3. The maximum Gasteiger partial charge on any atom is 0.240 e. The second-order valence-electron chi connectivity index (χ2n) is 4.30. The Morgan fingerprint density at radius 1 is 1.32 bits per heavy atom. The second kappa shape index (κ2) is 5.43. The van der Waals surface area contributed by atoms with E-state index < -0.39 is 31.7 Å². The fourth-order valence-electron chi connectivity index (χ4n) is 1.50. The first-order chi connectivity index (χ1) is 8.51. The first-order valence-electron chi connectivity index (χ1n) is 5.26. The number of nitrogens with two attached hydrogens (primary N) is 1. The normalized spacial score (nSPS) is 14.3.